The zero-order valence-electron chi connectivity index (χ0n) is 5.56. The van der Waals surface area contributed by atoms with Crippen molar-refractivity contribution in [3.05, 3.63) is 37.7 Å². The fraction of sp³-hybridized carbons (Fsp3) is 0.143. The molecule has 0 aliphatic rings. The molecule has 0 unspecified atom stereocenters. The van der Waals surface area contributed by atoms with E-state index >= 15 is 0 Å². The quantitative estimate of drug-likeness (QED) is 0.585. The van der Waals surface area contributed by atoms with E-state index in [1.165, 1.54) is 31.1 Å². The Kier molecular flexibility index (Phi) is 6.83. The van der Waals surface area contributed by atoms with E-state index < -0.39 is 0 Å². The molecule has 0 amide bonds. The molecule has 1 N–H and O–H groups in total. The maximum atomic E-state index is 8.23. The molecule has 0 aliphatic carbocycles. The second-order valence-electron chi connectivity index (χ2n) is 1.27. The van der Waals surface area contributed by atoms with Crippen LogP contribution in [0, 0.1) is 0 Å². The Hall–Kier alpha value is -1.22. The topological polar surface area (TPSA) is 38.7 Å². The lowest BCUT2D eigenvalue weighted by atomic mass is 10.7. The van der Waals surface area contributed by atoms with Gasteiger partial charge in [0.15, 0.2) is 0 Å². The molecule has 0 radical (unpaired) electrons. The van der Waals surface area contributed by atoms with E-state index in [9.17, 15) is 0 Å². The molecule has 0 saturated heterocycles. The van der Waals surface area contributed by atoms with Gasteiger partial charge in [-0.3, -0.25) is 0 Å². The number of rotatable bonds is 5. The first-order valence-electron chi connectivity index (χ1n) is 2.74. The predicted octanol–water partition coefficient (Wildman–Crippen LogP) is 1.14. The Morgan fingerprint density at radius 2 is 1.90 bits per heavy atom. The van der Waals surface area contributed by atoms with Gasteiger partial charge < -0.3 is 14.6 Å². The van der Waals surface area contributed by atoms with Crippen LogP contribution in [0.3, 0.4) is 0 Å². The van der Waals surface area contributed by atoms with E-state index in [2.05, 4.69) is 16.1 Å². The minimum absolute atomic E-state index is 0.0316. The van der Waals surface area contributed by atoms with Crippen LogP contribution in [0.2, 0.25) is 0 Å². The lowest BCUT2D eigenvalue weighted by Gasteiger charge is -1.88. The highest BCUT2D eigenvalue weighted by atomic mass is 16.5. The summed E-state index contributed by atoms with van der Waals surface area (Å²) in [5, 5.41) is 8.23. The van der Waals surface area contributed by atoms with Crippen LogP contribution in [0.5, 0.6) is 0 Å². The zero-order valence-corrected chi connectivity index (χ0v) is 5.56. The molecule has 0 aliphatic heterocycles. The zero-order chi connectivity index (χ0) is 7.66. The molecule has 10 heavy (non-hydrogen) atoms. The van der Waals surface area contributed by atoms with E-state index in [1.807, 2.05) is 0 Å². The van der Waals surface area contributed by atoms with Gasteiger partial charge in [-0.15, -0.1) is 0 Å². The van der Waals surface area contributed by atoms with Crippen LogP contribution in [0.25, 0.3) is 0 Å². The SMILES string of the molecule is C=COC=COC=CCO. The highest BCUT2D eigenvalue weighted by Crippen LogP contribution is 1.81. The van der Waals surface area contributed by atoms with Crippen molar-refractivity contribution in [3.63, 3.8) is 0 Å². The molecule has 0 aromatic rings. The summed E-state index contributed by atoms with van der Waals surface area (Å²) in [6.07, 6.45) is 6.74. The van der Waals surface area contributed by atoms with Crippen LogP contribution >= 0.6 is 0 Å². The largest absolute Gasteiger partial charge is 0.470 e. The number of aliphatic hydroxyl groups is 1. The second-order valence-corrected chi connectivity index (χ2v) is 1.27. The highest BCUT2D eigenvalue weighted by Gasteiger charge is 1.67. The Bertz CT molecular complexity index is 127. The Morgan fingerprint density at radius 3 is 2.50 bits per heavy atom. The number of aliphatic hydroxyl groups excluding tert-OH is 1. The summed E-state index contributed by atoms with van der Waals surface area (Å²) in [6.45, 7) is 3.28. The van der Waals surface area contributed by atoms with Crippen molar-refractivity contribution in [1.82, 2.24) is 0 Å². The molecule has 0 saturated carbocycles. The molecule has 0 spiro atoms. The summed E-state index contributed by atoms with van der Waals surface area (Å²) >= 11 is 0. The van der Waals surface area contributed by atoms with Gasteiger partial charge in [0.2, 0.25) is 0 Å². The number of hydrogen-bond donors (Lipinski definition) is 1. The minimum Gasteiger partial charge on any atom is -0.470 e. The second kappa shape index (κ2) is 7.78. The van der Waals surface area contributed by atoms with Crippen molar-refractivity contribution < 1.29 is 14.6 Å². The first kappa shape index (κ1) is 8.78. The third-order valence-corrected chi connectivity index (χ3v) is 0.589. The summed E-state index contributed by atoms with van der Waals surface area (Å²) in [5.41, 5.74) is 0. The van der Waals surface area contributed by atoms with Gasteiger partial charge in [0.25, 0.3) is 0 Å². The molecule has 3 heteroatoms. The smallest absolute Gasteiger partial charge is 0.125 e. The van der Waals surface area contributed by atoms with E-state index in [-0.39, 0.29) is 6.61 Å². The average molecular weight is 142 g/mol. The molecule has 0 atom stereocenters. The molecule has 56 valence electrons. The number of ether oxygens (including phenoxy) is 2. The predicted molar refractivity (Wildman–Crippen MR) is 37.7 cm³/mol. The van der Waals surface area contributed by atoms with Gasteiger partial charge in [-0.1, -0.05) is 6.58 Å². The molecule has 0 fully saturated rings. The van der Waals surface area contributed by atoms with Gasteiger partial charge in [0.1, 0.15) is 12.5 Å². The maximum absolute atomic E-state index is 8.23. The monoisotopic (exact) mass is 142 g/mol. The van der Waals surface area contributed by atoms with Gasteiger partial charge in [-0.25, -0.2) is 0 Å². The van der Waals surface area contributed by atoms with Gasteiger partial charge in [0, 0.05) is 0 Å². The first-order chi connectivity index (χ1) is 4.91. The maximum Gasteiger partial charge on any atom is 0.125 e. The normalized spacial score (nSPS) is 10.5. The standard InChI is InChI=1S/C7H10O3/c1-2-9-6-7-10-5-3-4-8/h2-3,5-8H,1,4H2. The molecular weight excluding hydrogens is 132 g/mol. The molecular formula is C7H10O3. The van der Waals surface area contributed by atoms with E-state index in [0.29, 0.717) is 0 Å². The van der Waals surface area contributed by atoms with Crippen LogP contribution in [-0.2, 0) is 9.47 Å². The third-order valence-electron chi connectivity index (χ3n) is 0.589. The van der Waals surface area contributed by atoms with Crippen LogP contribution in [-0.4, -0.2) is 11.7 Å². The highest BCUT2D eigenvalue weighted by molar-refractivity contribution is 4.75. The van der Waals surface area contributed by atoms with Crippen LogP contribution < -0.4 is 0 Å². The minimum atomic E-state index is -0.0316. The average Bonchev–Trinajstić information content (AvgIpc) is 1.97. The van der Waals surface area contributed by atoms with Crippen molar-refractivity contribution in [2.75, 3.05) is 6.61 Å². The van der Waals surface area contributed by atoms with Gasteiger partial charge in [0.05, 0.1) is 19.1 Å². The third kappa shape index (κ3) is 6.78. The lowest BCUT2D eigenvalue weighted by Crippen LogP contribution is -1.72. The summed E-state index contributed by atoms with van der Waals surface area (Å²) in [4.78, 5) is 0. The van der Waals surface area contributed by atoms with Gasteiger partial charge in [-0.05, 0) is 6.08 Å². The fourth-order valence-electron chi connectivity index (χ4n) is 0.264. The van der Waals surface area contributed by atoms with Crippen molar-refractivity contribution in [1.29, 1.82) is 0 Å². The van der Waals surface area contributed by atoms with Crippen LogP contribution in [0.4, 0.5) is 0 Å². The Labute approximate surface area is 59.9 Å². The molecule has 0 rings (SSSR count). The Balaban J connectivity index is 3.17. The van der Waals surface area contributed by atoms with Crippen molar-refractivity contribution in [2.45, 2.75) is 0 Å². The van der Waals surface area contributed by atoms with Crippen molar-refractivity contribution in [3.8, 4) is 0 Å². The molecule has 3 nitrogen and oxygen atoms in total. The number of hydrogen-bond acceptors (Lipinski definition) is 3. The fourth-order valence-corrected chi connectivity index (χ4v) is 0.264. The molecule has 0 bridgehead atoms. The molecule has 0 aromatic heterocycles. The van der Waals surface area contributed by atoms with Crippen LogP contribution in [0.15, 0.2) is 37.7 Å². The van der Waals surface area contributed by atoms with Crippen LogP contribution in [0.1, 0.15) is 0 Å². The summed E-state index contributed by atoms with van der Waals surface area (Å²) in [7, 11) is 0. The van der Waals surface area contributed by atoms with E-state index in [0.717, 1.165) is 0 Å². The summed E-state index contributed by atoms with van der Waals surface area (Å²) in [5.74, 6) is 0. The summed E-state index contributed by atoms with van der Waals surface area (Å²) in [6, 6.07) is 0. The first-order valence-corrected chi connectivity index (χ1v) is 2.74. The molecule has 0 heterocycles. The van der Waals surface area contributed by atoms with Gasteiger partial charge >= 0.3 is 0 Å². The van der Waals surface area contributed by atoms with Crippen molar-refractivity contribution in [2.24, 2.45) is 0 Å². The van der Waals surface area contributed by atoms with Crippen molar-refractivity contribution >= 4 is 0 Å². The lowest BCUT2D eigenvalue weighted by molar-refractivity contribution is 0.323. The Morgan fingerprint density at radius 1 is 1.20 bits per heavy atom. The van der Waals surface area contributed by atoms with E-state index in [4.69, 9.17) is 5.11 Å². The van der Waals surface area contributed by atoms with Gasteiger partial charge in [-0.2, -0.15) is 0 Å². The summed E-state index contributed by atoms with van der Waals surface area (Å²) < 4.78 is 9.26. The molecule has 0 aromatic carbocycles. The van der Waals surface area contributed by atoms with E-state index in [1.54, 1.807) is 0 Å².